The highest BCUT2D eigenvalue weighted by molar-refractivity contribution is 5.52. The summed E-state index contributed by atoms with van der Waals surface area (Å²) in [6.07, 6.45) is 6.12. The van der Waals surface area contributed by atoms with Crippen molar-refractivity contribution in [3.8, 4) is 12.1 Å². The van der Waals surface area contributed by atoms with Crippen LogP contribution in [-0.2, 0) is 4.74 Å². The Morgan fingerprint density at radius 1 is 1.40 bits per heavy atom. The van der Waals surface area contributed by atoms with Gasteiger partial charge < -0.3 is 10.5 Å². The molecule has 2 N–H and O–H groups in total. The van der Waals surface area contributed by atoms with E-state index in [-0.39, 0.29) is 5.57 Å². The van der Waals surface area contributed by atoms with Crippen LogP contribution in [0.4, 0.5) is 0 Å². The lowest BCUT2D eigenvalue weighted by Gasteiger charge is -2.12. The van der Waals surface area contributed by atoms with E-state index in [9.17, 15) is 0 Å². The van der Waals surface area contributed by atoms with Crippen LogP contribution in [-0.4, -0.2) is 0 Å². The van der Waals surface area contributed by atoms with Crippen LogP contribution in [0.5, 0.6) is 0 Å². The maximum atomic E-state index is 8.71. The van der Waals surface area contributed by atoms with E-state index in [2.05, 4.69) is 0 Å². The SMILES string of the molecule is CC1=CC(=C(C#N)C#N)C=C(/C=C/N)O1. The molecular formula is C11H9N3O. The first-order valence-corrected chi connectivity index (χ1v) is 4.22. The second kappa shape index (κ2) is 4.69. The number of ether oxygens (including phenoxy) is 1. The van der Waals surface area contributed by atoms with Gasteiger partial charge in [0.2, 0.25) is 0 Å². The molecule has 0 spiro atoms. The molecule has 0 atom stereocenters. The first kappa shape index (κ1) is 10.6. The van der Waals surface area contributed by atoms with Crippen molar-refractivity contribution in [2.45, 2.75) is 6.92 Å². The summed E-state index contributed by atoms with van der Waals surface area (Å²) in [7, 11) is 0. The molecule has 0 bridgehead atoms. The Hall–Kier alpha value is -2.46. The summed E-state index contributed by atoms with van der Waals surface area (Å²) in [5.41, 5.74) is 5.82. The zero-order chi connectivity index (χ0) is 11.3. The normalized spacial score (nSPS) is 14.7. The molecule has 0 saturated carbocycles. The molecule has 74 valence electrons. The van der Waals surface area contributed by atoms with Crippen LogP contribution in [0.2, 0.25) is 0 Å². The number of allylic oxidation sites excluding steroid dienone is 6. The zero-order valence-electron chi connectivity index (χ0n) is 8.19. The molecule has 0 amide bonds. The third kappa shape index (κ3) is 2.49. The largest absolute Gasteiger partial charge is 0.462 e. The molecule has 0 aromatic carbocycles. The Morgan fingerprint density at radius 2 is 2.07 bits per heavy atom. The first-order chi connectivity index (χ1) is 7.21. The minimum absolute atomic E-state index is 0.0561. The van der Waals surface area contributed by atoms with Gasteiger partial charge in [-0.3, -0.25) is 0 Å². The standard InChI is InChI=1S/C11H9N3O/c1-8-4-9(10(6-13)7-14)5-11(15-8)2-3-12/h2-5H,12H2,1H3/b3-2+. The summed E-state index contributed by atoms with van der Waals surface area (Å²) >= 11 is 0. The Bertz CT molecular complexity index is 451. The van der Waals surface area contributed by atoms with E-state index >= 15 is 0 Å². The van der Waals surface area contributed by atoms with Crippen LogP contribution in [0, 0.1) is 22.7 Å². The summed E-state index contributed by atoms with van der Waals surface area (Å²) < 4.78 is 5.30. The molecule has 0 aliphatic carbocycles. The molecule has 1 heterocycles. The summed E-state index contributed by atoms with van der Waals surface area (Å²) in [6, 6.07) is 3.65. The van der Waals surface area contributed by atoms with E-state index in [4.69, 9.17) is 21.0 Å². The van der Waals surface area contributed by atoms with Gasteiger partial charge in [0.25, 0.3) is 0 Å². The van der Waals surface area contributed by atoms with Crippen LogP contribution >= 0.6 is 0 Å². The lowest BCUT2D eigenvalue weighted by atomic mass is 10.1. The Balaban J connectivity index is 3.22. The van der Waals surface area contributed by atoms with E-state index in [1.807, 2.05) is 12.1 Å². The molecule has 15 heavy (non-hydrogen) atoms. The van der Waals surface area contributed by atoms with Crippen molar-refractivity contribution in [2.24, 2.45) is 5.73 Å². The van der Waals surface area contributed by atoms with Crippen LogP contribution in [0.25, 0.3) is 0 Å². The van der Waals surface area contributed by atoms with Gasteiger partial charge in [-0.25, -0.2) is 0 Å². The van der Waals surface area contributed by atoms with Crippen molar-refractivity contribution < 1.29 is 4.74 Å². The van der Waals surface area contributed by atoms with Crippen LogP contribution in [0.3, 0.4) is 0 Å². The first-order valence-electron chi connectivity index (χ1n) is 4.22. The maximum Gasteiger partial charge on any atom is 0.137 e. The van der Waals surface area contributed by atoms with Gasteiger partial charge in [0.1, 0.15) is 29.2 Å². The Kier molecular flexibility index (Phi) is 3.32. The number of nitrogens with two attached hydrogens (primary N) is 1. The van der Waals surface area contributed by atoms with E-state index in [1.165, 1.54) is 6.20 Å². The molecule has 0 unspecified atom stereocenters. The van der Waals surface area contributed by atoms with Gasteiger partial charge in [-0.2, -0.15) is 10.5 Å². The molecule has 1 aliphatic rings. The summed E-state index contributed by atoms with van der Waals surface area (Å²) in [5.74, 6) is 1.12. The molecule has 4 heteroatoms. The van der Waals surface area contributed by atoms with Crippen LogP contribution < -0.4 is 5.73 Å². The van der Waals surface area contributed by atoms with Gasteiger partial charge in [-0.15, -0.1) is 0 Å². The lowest BCUT2D eigenvalue weighted by molar-refractivity contribution is 0.317. The van der Waals surface area contributed by atoms with Gasteiger partial charge in [0, 0.05) is 5.57 Å². The monoisotopic (exact) mass is 199 g/mol. The predicted molar refractivity (Wildman–Crippen MR) is 54.5 cm³/mol. The van der Waals surface area contributed by atoms with Crippen molar-refractivity contribution in [1.29, 1.82) is 10.5 Å². The Labute approximate surface area is 87.9 Å². The third-order valence-electron chi connectivity index (χ3n) is 1.71. The van der Waals surface area contributed by atoms with Crippen molar-refractivity contribution >= 4 is 0 Å². The predicted octanol–water partition coefficient (Wildman–Crippen LogP) is 1.62. The van der Waals surface area contributed by atoms with Gasteiger partial charge >= 0.3 is 0 Å². The molecule has 0 aromatic rings. The number of rotatable bonds is 1. The highest BCUT2D eigenvalue weighted by Crippen LogP contribution is 2.21. The fourth-order valence-electron chi connectivity index (χ4n) is 1.13. The second-order valence-electron chi connectivity index (χ2n) is 2.82. The fourth-order valence-corrected chi connectivity index (χ4v) is 1.13. The second-order valence-corrected chi connectivity index (χ2v) is 2.82. The average Bonchev–Trinajstić information content (AvgIpc) is 2.19. The fraction of sp³-hybridized carbons (Fsp3) is 0.0909. The Morgan fingerprint density at radius 3 is 2.60 bits per heavy atom. The van der Waals surface area contributed by atoms with Crippen molar-refractivity contribution in [3.63, 3.8) is 0 Å². The van der Waals surface area contributed by atoms with E-state index in [1.54, 1.807) is 25.2 Å². The van der Waals surface area contributed by atoms with Crippen molar-refractivity contribution in [3.05, 3.63) is 47.1 Å². The summed E-state index contributed by atoms with van der Waals surface area (Å²) in [4.78, 5) is 0. The van der Waals surface area contributed by atoms with Crippen molar-refractivity contribution in [1.82, 2.24) is 0 Å². The van der Waals surface area contributed by atoms with Crippen LogP contribution in [0.1, 0.15) is 6.92 Å². The van der Waals surface area contributed by atoms with E-state index < -0.39 is 0 Å². The molecule has 4 nitrogen and oxygen atoms in total. The number of hydrogen-bond acceptors (Lipinski definition) is 4. The topological polar surface area (TPSA) is 82.8 Å². The molecule has 0 saturated heterocycles. The average molecular weight is 199 g/mol. The zero-order valence-corrected chi connectivity index (χ0v) is 8.19. The number of nitriles is 2. The highest BCUT2D eigenvalue weighted by atomic mass is 16.5. The highest BCUT2D eigenvalue weighted by Gasteiger charge is 2.09. The van der Waals surface area contributed by atoms with Crippen molar-refractivity contribution in [2.75, 3.05) is 0 Å². The molecular weight excluding hydrogens is 190 g/mol. The van der Waals surface area contributed by atoms with E-state index in [0.29, 0.717) is 17.1 Å². The number of nitrogens with zero attached hydrogens (tertiary/aromatic N) is 2. The molecule has 0 fully saturated rings. The molecule has 1 aliphatic heterocycles. The third-order valence-corrected chi connectivity index (χ3v) is 1.71. The summed E-state index contributed by atoms with van der Waals surface area (Å²) in [6.45, 7) is 1.74. The minimum atomic E-state index is 0.0561. The minimum Gasteiger partial charge on any atom is -0.462 e. The lowest BCUT2D eigenvalue weighted by Crippen LogP contribution is -1.98. The van der Waals surface area contributed by atoms with Gasteiger partial charge in [-0.05, 0) is 31.4 Å². The molecule has 0 aromatic heterocycles. The van der Waals surface area contributed by atoms with Crippen LogP contribution in [0.15, 0.2) is 47.1 Å². The smallest absolute Gasteiger partial charge is 0.137 e. The summed E-state index contributed by atoms with van der Waals surface area (Å²) in [5, 5.41) is 17.4. The van der Waals surface area contributed by atoms with Gasteiger partial charge in [0.05, 0.1) is 0 Å². The molecule has 1 rings (SSSR count). The quantitative estimate of drug-likeness (QED) is 0.650. The maximum absolute atomic E-state index is 8.71. The van der Waals surface area contributed by atoms with E-state index in [0.717, 1.165) is 0 Å². The number of hydrogen-bond donors (Lipinski definition) is 1. The van der Waals surface area contributed by atoms with Gasteiger partial charge in [-0.1, -0.05) is 0 Å². The van der Waals surface area contributed by atoms with Gasteiger partial charge in [0.15, 0.2) is 0 Å². The molecule has 0 radical (unpaired) electrons.